The van der Waals surface area contributed by atoms with Crippen LogP contribution in [-0.4, -0.2) is 17.3 Å². The molecule has 2 heteroatoms. The smallest absolute Gasteiger partial charge is 0.0771 e. The normalized spacial score (nSPS) is 26.9. The zero-order valence-electron chi connectivity index (χ0n) is 13.2. The standard InChI is InChI=1S/C18H29NO/c1-14(2)17-6-4-16(5-7-17)12-19-13-18(20)10-8-15(3)9-11-18/h4-7,14-15,19-20H,8-13H2,1-3H3. The second-order valence-electron chi connectivity index (χ2n) is 6.91. The summed E-state index contributed by atoms with van der Waals surface area (Å²) in [6.45, 7) is 8.27. The third kappa shape index (κ3) is 4.32. The van der Waals surface area contributed by atoms with E-state index in [4.69, 9.17) is 0 Å². The van der Waals surface area contributed by atoms with E-state index in [9.17, 15) is 5.11 Å². The van der Waals surface area contributed by atoms with Crippen molar-refractivity contribution in [2.45, 2.75) is 64.5 Å². The highest BCUT2D eigenvalue weighted by Gasteiger charge is 2.31. The molecule has 0 bridgehead atoms. The van der Waals surface area contributed by atoms with Gasteiger partial charge in [-0.3, -0.25) is 0 Å². The Labute approximate surface area is 123 Å². The highest BCUT2D eigenvalue weighted by Crippen LogP contribution is 2.31. The summed E-state index contributed by atoms with van der Waals surface area (Å²) < 4.78 is 0. The number of nitrogens with one attached hydrogen (secondary N) is 1. The largest absolute Gasteiger partial charge is 0.389 e. The molecule has 112 valence electrons. The van der Waals surface area contributed by atoms with Gasteiger partial charge in [0, 0.05) is 13.1 Å². The van der Waals surface area contributed by atoms with Crippen molar-refractivity contribution in [1.29, 1.82) is 0 Å². The van der Waals surface area contributed by atoms with Crippen LogP contribution in [0.3, 0.4) is 0 Å². The Bertz CT molecular complexity index is 402. The highest BCUT2D eigenvalue weighted by molar-refractivity contribution is 5.24. The third-order valence-corrected chi connectivity index (χ3v) is 4.63. The first-order valence-electron chi connectivity index (χ1n) is 8.00. The molecule has 1 aliphatic carbocycles. The van der Waals surface area contributed by atoms with Crippen LogP contribution >= 0.6 is 0 Å². The maximum absolute atomic E-state index is 10.5. The molecule has 0 heterocycles. The summed E-state index contributed by atoms with van der Waals surface area (Å²) in [5.74, 6) is 1.36. The number of hydrogen-bond donors (Lipinski definition) is 2. The van der Waals surface area contributed by atoms with Crippen LogP contribution in [0.5, 0.6) is 0 Å². The van der Waals surface area contributed by atoms with Crippen molar-refractivity contribution < 1.29 is 5.11 Å². The molecule has 1 saturated carbocycles. The molecular formula is C18H29NO. The van der Waals surface area contributed by atoms with Crippen LogP contribution in [0.4, 0.5) is 0 Å². The summed E-state index contributed by atoms with van der Waals surface area (Å²) in [7, 11) is 0. The number of aliphatic hydroxyl groups is 1. The fraction of sp³-hybridized carbons (Fsp3) is 0.667. The van der Waals surface area contributed by atoms with E-state index < -0.39 is 5.60 Å². The van der Waals surface area contributed by atoms with Gasteiger partial charge >= 0.3 is 0 Å². The second-order valence-corrected chi connectivity index (χ2v) is 6.91. The summed E-state index contributed by atoms with van der Waals surface area (Å²) in [4.78, 5) is 0. The Morgan fingerprint density at radius 3 is 2.35 bits per heavy atom. The van der Waals surface area contributed by atoms with Gasteiger partial charge in [-0.25, -0.2) is 0 Å². The van der Waals surface area contributed by atoms with Gasteiger partial charge in [-0.2, -0.15) is 0 Å². The Hall–Kier alpha value is -0.860. The first-order chi connectivity index (χ1) is 9.48. The van der Waals surface area contributed by atoms with E-state index in [1.54, 1.807) is 0 Å². The van der Waals surface area contributed by atoms with E-state index in [1.165, 1.54) is 11.1 Å². The minimum Gasteiger partial charge on any atom is -0.389 e. The zero-order valence-corrected chi connectivity index (χ0v) is 13.2. The van der Waals surface area contributed by atoms with Gasteiger partial charge in [0.15, 0.2) is 0 Å². The first-order valence-corrected chi connectivity index (χ1v) is 8.00. The molecule has 0 saturated heterocycles. The van der Waals surface area contributed by atoms with E-state index in [1.807, 2.05) is 0 Å². The van der Waals surface area contributed by atoms with Gasteiger partial charge in [-0.1, -0.05) is 45.0 Å². The van der Waals surface area contributed by atoms with Gasteiger partial charge < -0.3 is 10.4 Å². The van der Waals surface area contributed by atoms with Crippen molar-refractivity contribution in [3.63, 3.8) is 0 Å². The van der Waals surface area contributed by atoms with Gasteiger partial charge in [0.25, 0.3) is 0 Å². The molecule has 0 radical (unpaired) electrons. The molecule has 0 spiro atoms. The fourth-order valence-electron chi connectivity index (χ4n) is 2.94. The van der Waals surface area contributed by atoms with Gasteiger partial charge in [0.1, 0.15) is 0 Å². The van der Waals surface area contributed by atoms with E-state index in [-0.39, 0.29) is 0 Å². The molecule has 1 aromatic rings. The summed E-state index contributed by atoms with van der Waals surface area (Å²) in [5.41, 5.74) is 2.19. The quantitative estimate of drug-likeness (QED) is 0.855. The number of hydrogen-bond acceptors (Lipinski definition) is 2. The molecule has 2 rings (SSSR count). The molecule has 1 aliphatic rings. The maximum Gasteiger partial charge on any atom is 0.0771 e. The Morgan fingerprint density at radius 1 is 1.20 bits per heavy atom. The monoisotopic (exact) mass is 275 g/mol. The van der Waals surface area contributed by atoms with Crippen LogP contribution in [-0.2, 0) is 6.54 Å². The average molecular weight is 275 g/mol. The maximum atomic E-state index is 10.5. The van der Waals surface area contributed by atoms with Crippen molar-refractivity contribution in [3.05, 3.63) is 35.4 Å². The first kappa shape index (κ1) is 15.5. The van der Waals surface area contributed by atoms with Crippen LogP contribution in [0.25, 0.3) is 0 Å². The van der Waals surface area contributed by atoms with Crippen molar-refractivity contribution in [1.82, 2.24) is 5.32 Å². The predicted octanol–water partition coefficient (Wildman–Crippen LogP) is 3.84. The van der Waals surface area contributed by atoms with E-state index >= 15 is 0 Å². The highest BCUT2D eigenvalue weighted by atomic mass is 16.3. The van der Waals surface area contributed by atoms with Crippen LogP contribution in [0.1, 0.15) is 63.5 Å². The number of rotatable bonds is 5. The molecule has 0 unspecified atom stereocenters. The minimum atomic E-state index is -0.482. The summed E-state index contributed by atoms with van der Waals surface area (Å²) in [5, 5.41) is 13.9. The Kier molecular flexibility index (Phi) is 5.22. The molecule has 2 N–H and O–H groups in total. The lowest BCUT2D eigenvalue weighted by Gasteiger charge is -2.35. The van der Waals surface area contributed by atoms with E-state index in [0.29, 0.717) is 12.5 Å². The lowest BCUT2D eigenvalue weighted by Crippen LogP contribution is -2.43. The fourth-order valence-corrected chi connectivity index (χ4v) is 2.94. The van der Waals surface area contributed by atoms with Crippen LogP contribution in [0, 0.1) is 5.92 Å². The van der Waals surface area contributed by atoms with Gasteiger partial charge in [0.05, 0.1) is 5.60 Å². The van der Waals surface area contributed by atoms with Gasteiger partial charge in [0.2, 0.25) is 0 Å². The lowest BCUT2D eigenvalue weighted by atomic mass is 9.79. The van der Waals surface area contributed by atoms with Crippen LogP contribution in [0.2, 0.25) is 0 Å². The average Bonchev–Trinajstić information content (AvgIpc) is 2.43. The summed E-state index contributed by atoms with van der Waals surface area (Å²) in [6.07, 6.45) is 4.18. The Morgan fingerprint density at radius 2 is 1.80 bits per heavy atom. The topological polar surface area (TPSA) is 32.3 Å². The van der Waals surface area contributed by atoms with Crippen molar-refractivity contribution >= 4 is 0 Å². The predicted molar refractivity (Wildman–Crippen MR) is 84.8 cm³/mol. The Balaban J connectivity index is 1.78. The summed E-state index contributed by atoms with van der Waals surface area (Å²) in [6, 6.07) is 8.79. The molecule has 2 nitrogen and oxygen atoms in total. The SMILES string of the molecule is CC1CCC(O)(CNCc2ccc(C(C)C)cc2)CC1. The molecule has 0 amide bonds. The molecule has 1 aromatic carbocycles. The second kappa shape index (κ2) is 6.73. The van der Waals surface area contributed by atoms with Gasteiger partial charge in [-0.05, 0) is 48.6 Å². The minimum absolute atomic E-state index is 0.482. The molecule has 20 heavy (non-hydrogen) atoms. The lowest BCUT2D eigenvalue weighted by molar-refractivity contribution is -0.00630. The van der Waals surface area contributed by atoms with Crippen molar-refractivity contribution in [2.75, 3.05) is 6.54 Å². The van der Waals surface area contributed by atoms with Crippen molar-refractivity contribution in [2.24, 2.45) is 5.92 Å². The van der Waals surface area contributed by atoms with Crippen LogP contribution < -0.4 is 5.32 Å². The molecule has 0 aliphatic heterocycles. The summed E-state index contributed by atoms with van der Waals surface area (Å²) >= 11 is 0. The number of benzene rings is 1. The third-order valence-electron chi connectivity index (χ3n) is 4.63. The molecule has 0 atom stereocenters. The van der Waals surface area contributed by atoms with E-state index in [2.05, 4.69) is 50.4 Å². The molecule has 1 fully saturated rings. The van der Waals surface area contributed by atoms with Gasteiger partial charge in [-0.15, -0.1) is 0 Å². The van der Waals surface area contributed by atoms with Crippen LogP contribution in [0.15, 0.2) is 24.3 Å². The molecule has 0 aromatic heterocycles. The van der Waals surface area contributed by atoms with Crippen molar-refractivity contribution in [3.8, 4) is 0 Å². The molecular weight excluding hydrogens is 246 g/mol. The zero-order chi connectivity index (χ0) is 14.6. The van der Waals surface area contributed by atoms with E-state index in [0.717, 1.165) is 38.1 Å².